The van der Waals surface area contributed by atoms with Crippen molar-refractivity contribution in [3.8, 4) is 50.6 Å². The smallest absolute Gasteiger partial charge is 0.135 e. The molecular formula is C40H25NO. The number of benzene rings is 7. The summed E-state index contributed by atoms with van der Waals surface area (Å²) in [7, 11) is 0. The highest BCUT2D eigenvalue weighted by Gasteiger charge is 2.21. The van der Waals surface area contributed by atoms with Gasteiger partial charge in [-0.2, -0.15) is 0 Å². The summed E-state index contributed by atoms with van der Waals surface area (Å²) in [6.07, 6.45) is 0. The van der Waals surface area contributed by atoms with Crippen LogP contribution in [0.3, 0.4) is 0 Å². The van der Waals surface area contributed by atoms with Crippen molar-refractivity contribution in [2.75, 3.05) is 0 Å². The molecule has 9 rings (SSSR count). The average molecular weight is 543 g/mol. The Morgan fingerprint density at radius 1 is 0.500 bits per heavy atom. The third-order valence-corrected chi connectivity index (χ3v) is 7.98. The first-order chi connectivity index (χ1) is 23.8. The van der Waals surface area contributed by atoms with Crippen molar-refractivity contribution < 1.29 is 14.3 Å². The third kappa shape index (κ3) is 3.39. The van der Waals surface area contributed by atoms with Crippen molar-refractivity contribution in [1.82, 2.24) is 4.57 Å². The fourth-order valence-electron chi connectivity index (χ4n) is 6.18. The Kier molecular flexibility index (Phi) is 3.68. The fourth-order valence-corrected chi connectivity index (χ4v) is 6.18. The van der Waals surface area contributed by atoms with Crippen molar-refractivity contribution in [2.24, 2.45) is 0 Å². The molecule has 7 aromatic carbocycles. The van der Waals surface area contributed by atoms with E-state index in [0.29, 0.717) is 22.4 Å². The Bertz CT molecular complexity index is 2710. The number of para-hydroxylation sites is 2. The topological polar surface area (TPSA) is 14.2 Å². The van der Waals surface area contributed by atoms with E-state index >= 15 is 0 Å². The maximum Gasteiger partial charge on any atom is 0.135 e. The maximum absolute atomic E-state index is 9.60. The number of nitrogens with zero attached hydrogens (tertiary/aromatic N) is 1. The Morgan fingerprint density at radius 3 is 2.17 bits per heavy atom. The number of ether oxygens (including phenoxy) is 1. The summed E-state index contributed by atoms with van der Waals surface area (Å²) in [5, 5.41) is 3.35. The molecule has 8 aromatic rings. The molecule has 196 valence electrons. The average Bonchev–Trinajstić information content (AvgIpc) is 3.47. The number of rotatable bonds is 3. The molecule has 0 atom stereocenters. The lowest BCUT2D eigenvalue weighted by atomic mass is 9.91. The lowest BCUT2D eigenvalue weighted by Gasteiger charge is -2.22. The fraction of sp³-hybridized carbons (Fsp3) is 0. The molecule has 0 bridgehead atoms. The van der Waals surface area contributed by atoms with Crippen LogP contribution < -0.4 is 4.74 Å². The summed E-state index contributed by atoms with van der Waals surface area (Å²) >= 11 is 0. The molecule has 0 fully saturated rings. The molecule has 1 aliphatic rings. The van der Waals surface area contributed by atoms with Gasteiger partial charge in [-0.05, 0) is 81.7 Å². The van der Waals surface area contributed by atoms with Crippen LogP contribution >= 0.6 is 0 Å². The molecule has 42 heavy (non-hydrogen) atoms. The minimum absolute atomic E-state index is 0.0740. The summed E-state index contributed by atoms with van der Waals surface area (Å²) in [6.45, 7) is 0. The predicted molar refractivity (Wildman–Crippen MR) is 175 cm³/mol. The molecule has 0 N–H and O–H groups in total. The van der Waals surface area contributed by atoms with Crippen molar-refractivity contribution >= 4 is 32.6 Å². The minimum atomic E-state index is -0.436. The van der Waals surface area contributed by atoms with Crippen LogP contribution in [0, 0.1) is 0 Å². The molecule has 2 nitrogen and oxygen atoms in total. The molecule has 2 heteroatoms. The van der Waals surface area contributed by atoms with Gasteiger partial charge in [0.15, 0.2) is 0 Å². The maximum atomic E-state index is 9.60. The summed E-state index contributed by atoms with van der Waals surface area (Å²) in [6, 6.07) is 32.5. The van der Waals surface area contributed by atoms with Gasteiger partial charge in [-0.25, -0.2) is 0 Å². The van der Waals surface area contributed by atoms with Crippen LogP contribution in [0.25, 0.3) is 71.6 Å². The van der Waals surface area contributed by atoms with Gasteiger partial charge in [-0.1, -0.05) is 103 Å². The summed E-state index contributed by atoms with van der Waals surface area (Å²) in [5.41, 5.74) is 4.12. The van der Waals surface area contributed by atoms with Crippen LogP contribution in [0.15, 0.2) is 151 Å². The van der Waals surface area contributed by atoms with Gasteiger partial charge in [0.1, 0.15) is 11.5 Å². The molecule has 0 amide bonds. The van der Waals surface area contributed by atoms with Crippen LogP contribution in [0.4, 0.5) is 0 Å². The Hall–Kier alpha value is -5.60. The van der Waals surface area contributed by atoms with Crippen LogP contribution in [-0.4, -0.2) is 4.57 Å². The lowest BCUT2D eigenvalue weighted by Crippen LogP contribution is -1.97. The Balaban J connectivity index is 1.37. The number of aromatic nitrogens is 1. The predicted octanol–water partition coefficient (Wildman–Crippen LogP) is 11.0. The Morgan fingerprint density at radius 2 is 1.24 bits per heavy atom. The van der Waals surface area contributed by atoms with Crippen LogP contribution in [0.2, 0.25) is 0 Å². The van der Waals surface area contributed by atoms with E-state index in [1.54, 1.807) is 6.07 Å². The van der Waals surface area contributed by atoms with E-state index in [4.69, 9.17) is 11.6 Å². The van der Waals surface area contributed by atoms with Crippen molar-refractivity contribution in [2.45, 2.75) is 0 Å². The van der Waals surface area contributed by atoms with Crippen LogP contribution in [-0.2, 0) is 0 Å². The molecule has 0 spiro atoms. The molecule has 0 saturated heterocycles. The monoisotopic (exact) mass is 542 g/mol. The van der Waals surface area contributed by atoms with Gasteiger partial charge >= 0.3 is 0 Å². The van der Waals surface area contributed by atoms with Crippen LogP contribution in [0.5, 0.6) is 11.5 Å². The van der Waals surface area contributed by atoms with Gasteiger partial charge in [0.25, 0.3) is 0 Å². The number of fused-ring (bicyclic) bond motifs is 5. The zero-order valence-corrected chi connectivity index (χ0v) is 22.2. The van der Waals surface area contributed by atoms with Gasteiger partial charge in [-0.3, -0.25) is 0 Å². The van der Waals surface area contributed by atoms with E-state index in [1.165, 1.54) is 0 Å². The molecule has 0 unspecified atom stereocenters. The SMILES string of the molecule is [2H]c1c([2H])c(-c2c([2H])c([2H])c3c(c2[2H])-c2cccc4cccc(c24)O3)c([2H])c(-c2cccc3c2c2ccccc2n3-c2ccccc2)c1[2H]. The second-order valence-electron chi connectivity index (χ2n) is 10.4. The van der Waals surface area contributed by atoms with Gasteiger partial charge in [0.2, 0.25) is 0 Å². The van der Waals surface area contributed by atoms with Gasteiger partial charge in [-0.15, -0.1) is 0 Å². The first kappa shape index (κ1) is 17.3. The van der Waals surface area contributed by atoms with E-state index in [2.05, 4.69) is 4.57 Å². The van der Waals surface area contributed by atoms with Gasteiger partial charge in [0, 0.05) is 27.4 Å². The van der Waals surface area contributed by atoms with Gasteiger partial charge < -0.3 is 9.30 Å². The van der Waals surface area contributed by atoms with Crippen molar-refractivity contribution in [1.29, 1.82) is 0 Å². The standard InChI is InChI=1S/C40H25NO/c1-2-14-30(15-3-1)41-35-19-5-4-16-33(35)40-31(17-9-20-36(40)41)29-13-6-12-27(24-29)28-22-23-37-34(25-28)32-18-7-10-26-11-8-21-38(42-37)39(26)32/h1-25H/i6D,12D,13D,22D,23D,24D,25D. The second-order valence-corrected chi connectivity index (χ2v) is 10.4. The third-order valence-electron chi connectivity index (χ3n) is 7.98. The Labute approximate surface area is 253 Å². The van der Waals surface area contributed by atoms with E-state index < -0.39 is 12.1 Å². The van der Waals surface area contributed by atoms with E-state index in [-0.39, 0.29) is 52.7 Å². The largest absolute Gasteiger partial charge is 0.456 e. The highest BCUT2D eigenvalue weighted by atomic mass is 16.5. The summed E-state index contributed by atoms with van der Waals surface area (Å²) in [5.74, 6) is 0.602. The van der Waals surface area contributed by atoms with Crippen molar-refractivity contribution in [3.05, 3.63) is 151 Å². The van der Waals surface area contributed by atoms with E-state index in [9.17, 15) is 2.74 Å². The van der Waals surface area contributed by atoms with Crippen molar-refractivity contribution in [3.63, 3.8) is 0 Å². The zero-order valence-electron chi connectivity index (χ0n) is 29.2. The number of hydrogen-bond donors (Lipinski definition) is 0. The van der Waals surface area contributed by atoms with Gasteiger partial charge in [0.05, 0.1) is 20.6 Å². The molecule has 0 radical (unpaired) electrons. The summed E-state index contributed by atoms with van der Waals surface area (Å²) in [4.78, 5) is 0. The molecular weight excluding hydrogens is 510 g/mol. The molecule has 1 aliphatic heterocycles. The quantitative estimate of drug-likeness (QED) is 0.217. The normalized spacial score (nSPS) is 14.3. The summed E-state index contributed by atoms with van der Waals surface area (Å²) < 4.78 is 72.6. The highest BCUT2D eigenvalue weighted by Crippen LogP contribution is 2.47. The number of hydrogen-bond acceptors (Lipinski definition) is 1. The molecule has 0 aliphatic carbocycles. The first-order valence-corrected chi connectivity index (χ1v) is 13.8. The molecule has 2 heterocycles. The molecule has 0 saturated carbocycles. The first-order valence-electron chi connectivity index (χ1n) is 17.3. The van der Waals surface area contributed by atoms with E-state index in [1.807, 2.05) is 103 Å². The van der Waals surface area contributed by atoms with Crippen LogP contribution in [0.1, 0.15) is 9.60 Å². The minimum Gasteiger partial charge on any atom is -0.456 e. The second kappa shape index (κ2) is 8.95. The van der Waals surface area contributed by atoms with E-state index in [0.717, 1.165) is 38.3 Å². The molecule has 1 aromatic heterocycles. The highest BCUT2D eigenvalue weighted by molar-refractivity contribution is 6.16. The zero-order chi connectivity index (χ0) is 33.7. The lowest BCUT2D eigenvalue weighted by molar-refractivity contribution is 0.487.